The van der Waals surface area contributed by atoms with Gasteiger partial charge in [0.15, 0.2) is 0 Å². The normalized spacial score (nSPS) is 20.5. The van der Waals surface area contributed by atoms with E-state index in [0.717, 1.165) is 30.8 Å². The Kier molecular flexibility index (Phi) is 6.36. The van der Waals surface area contributed by atoms with Gasteiger partial charge in [0.25, 0.3) is 0 Å². The minimum Gasteiger partial charge on any atom is -0.383 e. The Labute approximate surface area is 149 Å². The number of pyridine rings is 1. The summed E-state index contributed by atoms with van der Waals surface area (Å²) in [4.78, 5) is 17.0. The summed E-state index contributed by atoms with van der Waals surface area (Å²) < 4.78 is 6.05. The molecule has 0 aliphatic carbocycles. The summed E-state index contributed by atoms with van der Waals surface area (Å²) in [6, 6.07) is 1.31. The van der Waals surface area contributed by atoms with Crippen LogP contribution in [0.5, 0.6) is 0 Å². The molecule has 1 aliphatic rings. The van der Waals surface area contributed by atoms with Gasteiger partial charge in [-0.1, -0.05) is 6.92 Å². The lowest BCUT2D eigenvalue weighted by Gasteiger charge is -2.34. The van der Waals surface area contributed by atoms with Crippen molar-refractivity contribution in [2.45, 2.75) is 58.6 Å². The molecule has 0 radical (unpaired) electrons. The first-order chi connectivity index (χ1) is 11.9. The molecule has 2 heterocycles. The van der Waals surface area contributed by atoms with Gasteiger partial charge in [-0.2, -0.15) is 0 Å². The van der Waals surface area contributed by atoms with Crippen molar-refractivity contribution in [1.82, 2.24) is 10.3 Å². The molecule has 7 nitrogen and oxygen atoms in total. The van der Waals surface area contributed by atoms with Crippen molar-refractivity contribution in [3.8, 4) is 0 Å². The van der Waals surface area contributed by atoms with Crippen molar-refractivity contribution in [2.75, 3.05) is 23.8 Å². The number of fused-ring (bicyclic) bond motifs is 2. The maximum atomic E-state index is 12.4. The fourth-order valence-corrected chi connectivity index (χ4v) is 3.11. The molecule has 1 atom stereocenters. The maximum absolute atomic E-state index is 12.4. The fraction of sp³-hybridized carbons (Fsp3) is 0.611. The van der Waals surface area contributed by atoms with Crippen molar-refractivity contribution < 1.29 is 9.53 Å². The number of urea groups is 1. The molecule has 0 unspecified atom stereocenters. The van der Waals surface area contributed by atoms with Crippen molar-refractivity contribution >= 4 is 23.8 Å². The highest BCUT2D eigenvalue weighted by atomic mass is 16.5. The molecule has 0 spiro atoms. The third-order valence-corrected chi connectivity index (χ3v) is 4.46. The highest BCUT2D eigenvalue weighted by molar-refractivity contribution is 5.92. The largest absolute Gasteiger partial charge is 0.383 e. The van der Waals surface area contributed by atoms with Gasteiger partial charge in [0.2, 0.25) is 0 Å². The number of nitrogens with zero attached hydrogens (tertiary/aromatic N) is 1. The Morgan fingerprint density at radius 3 is 2.88 bits per heavy atom. The van der Waals surface area contributed by atoms with Crippen molar-refractivity contribution in [1.29, 1.82) is 5.41 Å². The monoisotopic (exact) mass is 347 g/mol. The summed E-state index contributed by atoms with van der Waals surface area (Å²) in [5.74, 6) is 0.460. The molecule has 2 rings (SSSR count). The summed E-state index contributed by atoms with van der Waals surface area (Å²) in [6.07, 6.45) is 3.59. The van der Waals surface area contributed by atoms with Crippen LogP contribution in [-0.2, 0) is 11.2 Å². The van der Waals surface area contributed by atoms with Crippen LogP contribution in [0.15, 0.2) is 6.07 Å². The minimum absolute atomic E-state index is 0.102. The van der Waals surface area contributed by atoms with Crippen LogP contribution in [0.3, 0.4) is 0 Å². The second-order valence-electron chi connectivity index (χ2n) is 6.71. The topological polar surface area (TPSA) is 99.1 Å². The first-order valence-electron chi connectivity index (χ1n) is 8.91. The highest BCUT2D eigenvalue weighted by Gasteiger charge is 2.31. The number of rotatable bonds is 4. The van der Waals surface area contributed by atoms with E-state index >= 15 is 0 Å². The zero-order chi connectivity index (χ0) is 18.4. The van der Waals surface area contributed by atoms with E-state index in [1.54, 1.807) is 6.07 Å². The summed E-state index contributed by atoms with van der Waals surface area (Å²) >= 11 is 0. The van der Waals surface area contributed by atoms with Gasteiger partial charge < -0.3 is 20.8 Å². The summed E-state index contributed by atoms with van der Waals surface area (Å²) in [5, 5.41) is 16.7. The van der Waals surface area contributed by atoms with Gasteiger partial charge in [0, 0.05) is 24.9 Å². The van der Waals surface area contributed by atoms with Gasteiger partial charge in [-0.15, -0.1) is 0 Å². The molecule has 0 saturated carbocycles. The number of nitrogens with one attached hydrogen (secondary N) is 4. The van der Waals surface area contributed by atoms with Gasteiger partial charge in [-0.25, -0.2) is 9.78 Å². The molecule has 2 bridgehead atoms. The Balaban J connectivity index is 2.38. The van der Waals surface area contributed by atoms with E-state index in [2.05, 4.69) is 20.9 Å². The quantitative estimate of drug-likeness (QED) is 0.629. The molecule has 25 heavy (non-hydrogen) atoms. The number of ether oxygens (including phenoxy) is 1. The standard InChI is InChI=1S/C18H29N5O2/c1-5-14-18(3,4)25-9-7-8-13-16(20-6-2)12(11-19)10-15(21-13)23-17(24)22-14/h10-11,14,19-20H,5-9H2,1-4H3,(H2,21,22,23,24)/t14-/m1/s1. The summed E-state index contributed by atoms with van der Waals surface area (Å²) in [7, 11) is 0. The Morgan fingerprint density at radius 1 is 1.48 bits per heavy atom. The van der Waals surface area contributed by atoms with Crippen LogP contribution in [0.4, 0.5) is 16.3 Å². The minimum atomic E-state index is -0.447. The number of hydrogen-bond donors (Lipinski definition) is 4. The summed E-state index contributed by atoms with van der Waals surface area (Å²) in [5.41, 5.74) is 1.96. The van der Waals surface area contributed by atoms with Crippen LogP contribution in [0, 0.1) is 5.41 Å². The first kappa shape index (κ1) is 19.2. The molecule has 1 aliphatic heterocycles. The van der Waals surface area contributed by atoms with Crippen LogP contribution in [0.25, 0.3) is 0 Å². The van der Waals surface area contributed by atoms with Gasteiger partial charge in [-0.05, 0) is 46.1 Å². The fourth-order valence-electron chi connectivity index (χ4n) is 3.11. The molecule has 0 fully saturated rings. The van der Waals surface area contributed by atoms with Crippen molar-refractivity contribution in [3.05, 3.63) is 17.3 Å². The zero-order valence-electron chi connectivity index (χ0n) is 15.5. The first-order valence-corrected chi connectivity index (χ1v) is 8.91. The number of carbonyl (C=O) groups excluding carboxylic acids is 1. The molecule has 0 saturated heterocycles. The lowest BCUT2D eigenvalue weighted by molar-refractivity contribution is -0.0431. The number of amides is 2. The number of carbonyl (C=O) groups is 1. The maximum Gasteiger partial charge on any atom is 0.320 e. The summed E-state index contributed by atoms with van der Waals surface area (Å²) in [6.45, 7) is 9.36. The van der Waals surface area contributed by atoms with E-state index in [-0.39, 0.29) is 12.1 Å². The van der Waals surface area contributed by atoms with Gasteiger partial charge >= 0.3 is 6.03 Å². The Bertz CT molecular complexity index is 630. The van der Waals surface area contributed by atoms with E-state index in [9.17, 15) is 4.79 Å². The number of hydrogen-bond acceptors (Lipinski definition) is 5. The molecule has 7 heteroatoms. The molecule has 1 aromatic heterocycles. The lowest BCUT2D eigenvalue weighted by Crippen LogP contribution is -2.51. The van der Waals surface area contributed by atoms with Gasteiger partial charge in [-0.3, -0.25) is 5.32 Å². The van der Waals surface area contributed by atoms with Gasteiger partial charge in [0.1, 0.15) is 5.82 Å². The van der Waals surface area contributed by atoms with Crippen molar-refractivity contribution in [2.24, 2.45) is 0 Å². The van der Waals surface area contributed by atoms with Crippen molar-refractivity contribution in [3.63, 3.8) is 0 Å². The zero-order valence-corrected chi connectivity index (χ0v) is 15.5. The predicted molar refractivity (Wildman–Crippen MR) is 101 cm³/mol. The van der Waals surface area contributed by atoms with Crippen LogP contribution in [0.2, 0.25) is 0 Å². The third-order valence-electron chi connectivity index (χ3n) is 4.46. The SMILES string of the molecule is CCNc1c(C=N)cc2nc1CCCOC(C)(C)[C@@H](CC)NC(=O)N2. The lowest BCUT2D eigenvalue weighted by atomic mass is 9.96. The van der Waals surface area contributed by atoms with Crippen LogP contribution in [0.1, 0.15) is 51.8 Å². The number of aryl methyl sites for hydroxylation is 1. The van der Waals surface area contributed by atoms with E-state index in [1.165, 1.54) is 6.21 Å². The number of aromatic nitrogens is 1. The van der Waals surface area contributed by atoms with E-state index in [1.807, 2.05) is 27.7 Å². The molecule has 1 aromatic rings. The van der Waals surface area contributed by atoms with Crippen LogP contribution in [-0.4, -0.2) is 42.0 Å². The van der Waals surface area contributed by atoms with E-state index in [4.69, 9.17) is 10.1 Å². The number of anilines is 2. The van der Waals surface area contributed by atoms with E-state index < -0.39 is 5.60 Å². The van der Waals surface area contributed by atoms with Crippen LogP contribution < -0.4 is 16.0 Å². The molecule has 2 amide bonds. The molecule has 138 valence electrons. The predicted octanol–water partition coefficient (Wildman–Crippen LogP) is 3.15. The second kappa shape index (κ2) is 8.29. The smallest absolute Gasteiger partial charge is 0.320 e. The highest BCUT2D eigenvalue weighted by Crippen LogP contribution is 2.25. The van der Waals surface area contributed by atoms with E-state index in [0.29, 0.717) is 24.4 Å². The third kappa shape index (κ3) is 4.69. The Hall–Kier alpha value is -2.15. The van der Waals surface area contributed by atoms with Gasteiger partial charge in [0.05, 0.1) is 23.0 Å². The van der Waals surface area contributed by atoms with Crippen LogP contribution >= 0.6 is 0 Å². The molecular weight excluding hydrogens is 318 g/mol. The average Bonchev–Trinajstić information content (AvgIpc) is 2.57. The molecule has 4 N–H and O–H groups in total. The molecule has 0 aromatic carbocycles. The second-order valence-corrected chi connectivity index (χ2v) is 6.71. The Morgan fingerprint density at radius 2 is 2.24 bits per heavy atom. The average molecular weight is 347 g/mol. The molecular formula is C18H29N5O2.